The molecule has 1 atom stereocenters. The van der Waals surface area contributed by atoms with E-state index in [4.69, 9.17) is 4.74 Å². The molecular weight excluding hydrogens is 540 g/mol. The molecule has 0 heterocycles. The number of hydrogen-bond donors (Lipinski definition) is 1. The zero-order chi connectivity index (χ0) is 26.9. The Kier molecular flexibility index (Phi) is 9.99. The number of benzene rings is 3. The fourth-order valence-electron chi connectivity index (χ4n) is 5.04. The van der Waals surface area contributed by atoms with E-state index in [0.717, 1.165) is 52.4 Å². The van der Waals surface area contributed by atoms with Crippen LogP contribution in [0.5, 0.6) is 5.75 Å². The highest BCUT2D eigenvalue weighted by atomic mass is 79.9. The summed E-state index contributed by atoms with van der Waals surface area (Å²) in [6, 6.07) is 23.2. The SMILES string of the molecule is Cc1cccc(CN(C(=O)COc2ccc(Br)c(C)c2)[C@H](Cc2ccccc2)C(=O)NC2CCCCC2)c1. The number of rotatable bonds is 10. The Bertz CT molecular complexity index is 1220. The Morgan fingerprint density at radius 2 is 1.68 bits per heavy atom. The number of amides is 2. The second kappa shape index (κ2) is 13.6. The number of carbonyl (C=O) groups is 2. The minimum atomic E-state index is -0.650. The van der Waals surface area contributed by atoms with Crippen LogP contribution < -0.4 is 10.1 Å². The second-order valence-corrected chi connectivity index (χ2v) is 11.1. The van der Waals surface area contributed by atoms with E-state index < -0.39 is 6.04 Å². The highest BCUT2D eigenvalue weighted by Crippen LogP contribution is 2.23. The molecule has 6 heteroatoms. The summed E-state index contributed by atoms with van der Waals surface area (Å²) in [5.41, 5.74) is 4.15. The minimum absolute atomic E-state index is 0.0961. The van der Waals surface area contributed by atoms with Gasteiger partial charge < -0.3 is 15.0 Å². The molecule has 38 heavy (non-hydrogen) atoms. The van der Waals surface area contributed by atoms with Gasteiger partial charge in [0.25, 0.3) is 5.91 Å². The van der Waals surface area contributed by atoms with Gasteiger partial charge in [-0.2, -0.15) is 0 Å². The fourth-order valence-corrected chi connectivity index (χ4v) is 5.29. The molecule has 3 aromatic rings. The van der Waals surface area contributed by atoms with Gasteiger partial charge >= 0.3 is 0 Å². The molecule has 5 nitrogen and oxygen atoms in total. The molecule has 0 saturated heterocycles. The zero-order valence-corrected chi connectivity index (χ0v) is 23.9. The van der Waals surface area contributed by atoms with Crippen molar-refractivity contribution in [3.63, 3.8) is 0 Å². The van der Waals surface area contributed by atoms with Crippen LogP contribution in [-0.2, 0) is 22.6 Å². The van der Waals surface area contributed by atoms with Crippen LogP contribution in [0, 0.1) is 13.8 Å². The number of nitrogens with one attached hydrogen (secondary N) is 1. The van der Waals surface area contributed by atoms with Gasteiger partial charge in [-0.25, -0.2) is 0 Å². The summed E-state index contributed by atoms with van der Waals surface area (Å²) in [5, 5.41) is 3.28. The molecule has 1 fully saturated rings. The standard InChI is InChI=1S/C32H37BrN2O3/c1-23-10-9-13-26(18-23)21-35(31(36)22-38-28-16-17-29(33)24(2)19-28)30(20-25-11-5-3-6-12-25)32(37)34-27-14-7-4-8-15-27/h3,5-6,9-13,16-19,27,30H,4,7-8,14-15,20-22H2,1-2H3,(H,34,37)/t30-/m1/s1. The van der Waals surface area contributed by atoms with E-state index in [2.05, 4.69) is 27.3 Å². The van der Waals surface area contributed by atoms with Crippen molar-refractivity contribution in [2.24, 2.45) is 0 Å². The summed E-state index contributed by atoms with van der Waals surface area (Å²) in [4.78, 5) is 29.3. The summed E-state index contributed by atoms with van der Waals surface area (Å²) in [6.45, 7) is 4.20. The number of carbonyl (C=O) groups excluding carboxylic acids is 2. The third kappa shape index (κ3) is 7.94. The lowest BCUT2D eigenvalue weighted by molar-refractivity contribution is -0.143. The molecule has 0 bridgehead atoms. The third-order valence-electron chi connectivity index (χ3n) is 7.15. The van der Waals surface area contributed by atoms with E-state index >= 15 is 0 Å². The van der Waals surface area contributed by atoms with E-state index in [0.29, 0.717) is 18.7 Å². The Hall–Kier alpha value is -3.12. The summed E-state index contributed by atoms with van der Waals surface area (Å²) in [7, 11) is 0. The maximum absolute atomic E-state index is 13.8. The smallest absolute Gasteiger partial charge is 0.261 e. The quantitative estimate of drug-likeness (QED) is 0.298. The van der Waals surface area contributed by atoms with Crippen LogP contribution in [0.15, 0.2) is 77.3 Å². The molecule has 0 spiro atoms. The van der Waals surface area contributed by atoms with Crippen molar-refractivity contribution in [2.75, 3.05) is 6.61 Å². The van der Waals surface area contributed by atoms with E-state index in [1.807, 2.05) is 80.6 Å². The molecule has 2 amide bonds. The normalized spacial score (nSPS) is 14.5. The van der Waals surface area contributed by atoms with Crippen LogP contribution >= 0.6 is 15.9 Å². The maximum Gasteiger partial charge on any atom is 0.261 e. The lowest BCUT2D eigenvalue weighted by Gasteiger charge is -2.33. The first kappa shape index (κ1) is 27.9. The predicted molar refractivity (Wildman–Crippen MR) is 155 cm³/mol. The van der Waals surface area contributed by atoms with E-state index in [9.17, 15) is 9.59 Å². The Morgan fingerprint density at radius 3 is 2.39 bits per heavy atom. The monoisotopic (exact) mass is 576 g/mol. The summed E-state index contributed by atoms with van der Waals surface area (Å²) >= 11 is 3.51. The van der Waals surface area contributed by atoms with Crippen molar-refractivity contribution in [3.05, 3.63) is 99.5 Å². The van der Waals surface area contributed by atoms with Gasteiger partial charge in [0.05, 0.1) is 0 Å². The summed E-state index contributed by atoms with van der Waals surface area (Å²) < 4.78 is 6.92. The van der Waals surface area contributed by atoms with Crippen molar-refractivity contribution < 1.29 is 14.3 Å². The summed E-state index contributed by atoms with van der Waals surface area (Å²) in [6.07, 6.45) is 5.88. The first-order valence-corrected chi connectivity index (χ1v) is 14.3. The van der Waals surface area contributed by atoms with Crippen molar-refractivity contribution >= 4 is 27.7 Å². The first-order valence-electron chi connectivity index (χ1n) is 13.5. The van der Waals surface area contributed by atoms with E-state index in [1.165, 1.54) is 6.42 Å². The zero-order valence-electron chi connectivity index (χ0n) is 22.3. The van der Waals surface area contributed by atoms with Crippen LogP contribution in [0.4, 0.5) is 0 Å². The molecule has 1 aliphatic rings. The molecule has 200 valence electrons. The van der Waals surface area contributed by atoms with Crippen LogP contribution in [0.25, 0.3) is 0 Å². The lowest BCUT2D eigenvalue weighted by Crippen LogP contribution is -2.53. The predicted octanol–water partition coefficient (Wildman–Crippen LogP) is 6.53. The van der Waals surface area contributed by atoms with Gasteiger partial charge in [-0.3, -0.25) is 9.59 Å². The highest BCUT2D eigenvalue weighted by Gasteiger charge is 2.32. The molecule has 0 aromatic heterocycles. The van der Waals surface area contributed by atoms with Crippen LogP contribution in [0.3, 0.4) is 0 Å². The van der Waals surface area contributed by atoms with Crippen molar-refractivity contribution in [1.82, 2.24) is 10.2 Å². The van der Waals surface area contributed by atoms with Gasteiger partial charge in [-0.15, -0.1) is 0 Å². The first-order chi connectivity index (χ1) is 18.4. The molecule has 0 aliphatic heterocycles. The fraction of sp³-hybridized carbons (Fsp3) is 0.375. The van der Waals surface area contributed by atoms with Gasteiger partial charge in [-0.05, 0) is 61.6 Å². The van der Waals surface area contributed by atoms with Gasteiger partial charge in [0.2, 0.25) is 5.91 Å². The maximum atomic E-state index is 13.8. The average Bonchev–Trinajstić information content (AvgIpc) is 2.92. The molecule has 0 unspecified atom stereocenters. The lowest BCUT2D eigenvalue weighted by atomic mass is 9.94. The molecular formula is C32H37BrN2O3. The molecule has 0 radical (unpaired) electrons. The van der Waals surface area contributed by atoms with Crippen LogP contribution in [0.2, 0.25) is 0 Å². The van der Waals surface area contributed by atoms with Gasteiger partial charge in [-0.1, -0.05) is 95.4 Å². The average molecular weight is 578 g/mol. The van der Waals surface area contributed by atoms with E-state index in [1.54, 1.807) is 4.90 Å². The minimum Gasteiger partial charge on any atom is -0.484 e. The van der Waals surface area contributed by atoms with Crippen LogP contribution in [0.1, 0.15) is 54.4 Å². The molecule has 1 N–H and O–H groups in total. The van der Waals surface area contributed by atoms with Crippen LogP contribution in [-0.4, -0.2) is 35.4 Å². The number of ether oxygens (including phenoxy) is 1. The topological polar surface area (TPSA) is 58.6 Å². The third-order valence-corrected chi connectivity index (χ3v) is 8.04. The highest BCUT2D eigenvalue weighted by molar-refractivity contribution is 9.10. The van der Waals surface area contributed by atoms with Crippen molar-refractivity contribution in [1.29, 1.82) is 0 Å². The molecule has 1 saturated carbocycles. The summed E-state index contributed by atoms with van der Waals surface area (Å²) in [5.74, 6) is 0.314. The Balaban J connectivity index is 1.61. The molecule has 4 rings (SSSR count). The number of halogens is 1. The number of aryl methyl sites for hydroxylation is 2. The largest absolute Gasteiger partial charge is 0.484 e. The van der Waals surface area contributed by atoms with E-state index in [-0.39, 0.29) is 24.5 Å². The Morgan fingerprint density at radius 1 is 0.947 bits per heavy atom. The van der Waals surface area contributed by atoms with Crippen molar-refractivity contribution in [2.45, 2.75) is 71.0 Å². The van der Waals surface area contributed by atoms with Gasteiger partial charge in [0.15, 0.2) is 6.61 Å². The number of hydrogen-bond acceptors (Lipinski definition) is 3. The van der Waals surface area contributed by atoms with Gasteiger partial charge in [0.1, 0.15) is 11.8 Å². The van der Waals surface area contributed by atoms with Gasteiger partial charge in [0, 0.05) is 23.5 Å². The molecule has 1 aliphatic carbocycles. The molecule has 3 aromatic carbocycles. The van der Waals surface area contributed by atoms with Crippen molar-refractivity contribution in [3.8, 4) is 5.75 Å². The Labute approximate surface area is 234 Å². The number of nitrogens with zero attached hydrogens (tertiary/aromatic N) is 1. The second-order valence-electron chi connectivity index (χ2n) is 10.3.